The molecule has 0 aliphatic heterocycles. The smallest absolute Gasteiger partial charge is 0.416 e. The Morgan fingerprint density at radius 1 is 1.03 bits per heavy atom. The normalized spacial score (nSPS) is 11.7. The number of benzene rings is 2. The Labute approximate surface area is 170 Å². The first-order chi connectivity index (χ1) is 14.4. The van der Waals surface area contributed by atoms with Crippen molar-refractivity contribution < 1.29 is 22.3 Å². The van der Waals surface area contributed by atoms with E-state index in [2.05, 4.69) is 15.3 Å². The molecule has 0 amide bonds. The van der Waals surface area contributed by atoms with Crippen molar-refractivity contribution >= 4 is 10.9 Å². The lowest BCUT2D eigenvalue weighted by Crippen LogP contribution is -2.14. The second-order valence-electron chi connectivity index (χ2n) is 6.69. The molecule has 2 aromatic carbocycles. The molecule has 154 valence electrons. The molecule has 0 aliphatic carbocycles. The number of halogens is 3. The van der Waals surface area contributed by atoms with Gasteiger partial charge in [0.15, 0.2) is 0 Å². The molecule has 4 rings (SSSR count). The Kier molecular flexibility index (Phi) is 5.41. The van der Waals surface area contributed by atoms with E-state index in [4.69, 9.17) is 9.15 Å². The van der Waals surface area contributed by atoms with Crippen molar-refractivity contribution in [2.24, 2.45) is 0 Å². The van der Waals surface area contributed by atoms with Crippen LogP contribution < -0.4 is 10.1 Å². The number of nitrogens with zero attached hydrogens (tertiary/aromatic N) is 2. The number of nitrogens with one attached hydrogen (secondary N) is 1. The number of methoxy groups -OCH3 is 1. The van der Waals surface area contributed by atoms with Gasteiger partial charge in [-0.25, -0.2) is 9.97 Å². The maximum absolute atomic E-state index is 12.7. The van der Waals surface area contributed by atoms with Gasteiger partial charge in [0.05, 0.1) is 24.4 Å². The number of alkyl halides is 3. The second-order valence-corrected chi connectivity index (χ2v) is 6.69. The van der Waals surface area contributed by atoms with Crippen LogP contribution in [0, 0.1) is 0 Å². The highest BCUT2D eigenvalue weighted by Gasteiger charge is 2.29. The molecule has 0 aliphatic rings. The van der Waals surface area contributed by atoms with Crippen LogP contribution in [0.15, 0.2) is 65.4 Å². The van der Waals surface area contributed by atoms with Crippen molar-refractivity contribution in [3.8, 4) is 17.3 Å². The maximum atomic E-state index is 12.7. The summed E-state index contributed by atoms with van der Waals surface area (Å²) in [5.41, 5.74) is 2.29. The van der Waals surface area contributed by atoms with Gasteiger partial charge in [0.2, 0.25) is 5.89 Å². The number of oxazole rings is 1. The summed E-state index contributed by atoms with van der Waals surface area (Å²) in [5, 5.41) is 4.18. The monoisotopic (exact) mass is 413 g/mol. The third-order valence-corrected chi connectivity index (χ3v) is 4.66. The van der Waals surface area contributed by atoms with Crippen LogP contribution in [-0.2, 0) is 19.3 Å². The predicted molar refractivity (Wildman–Crippen MR) is 106 cm³/mol. The standard InChI is InChI=1S/C22H18F3N3O2/c1-29-18-7-4-15-10-16(20(28-19(15)11-18)21-27-8-9-30-21)13-26-12-14-2-5-17(6-3-14)22(23,24)25/h2-11,26H,12-13H2,1H3. The molecule has 2 aromatic heterocycles. The Morgan fingerprint density at radius 2 is 1.83 bits per heavy atom. The molecular formula is C22H18F3N3O2. The van der Waals surface area contributed by atoms with Crippen LogP contribution in [0.2, 0.25) is 0 Å². The lowest BCUT2D eigenvalue weighted by atomic mass is 10.1. The zero-order valence-electron chi connectivity index (χ0n) is 16.0. The van der Waals surface area contributed by atoms with Crippen LogP contribution in [0.4, 0.5) is 13.2 Å². The predicted octanol–water partition coefficient (Wildman–Crippen LogP) is 5.21. The fraction of sp³-hybridized carbons (Fsp3) is 0.182. The molecule has 1 N–H and O–H groups in total. The van der Waals surface area contributed by atoms with Crippen LogP contribution >= 0.6 is 0 Å². The average Bonchev–Trinajstić information content (AvgIpc) is 3.27. The van der Waals surface area contributed by atoms with E-state index in [1.165, 1.54) is 18.4 Å². The molecule has 2 heterocycles. The number of pyridine rings is 1. The number of aromatic nitrogens is 2. The minimum atomic E-state index is -4.34. The van der Waals surface area contributed by atoms with Gasteiger partial charge in [-0.1, -0.05) is 12.1 Å². The molecule has 5 nitrogen and oxygen atoms in total. The van der Waals surface area contributed by atoms with Gasteiger partial charge in [0.1, 0.15) is 17.7 Å². The summed E-state index contributed by atoms with van der Waals surface area (Å²) in [6.07, 6.45) is -1.31. The van der Waals surface area contributed by atoms with Gasteiger partial charge in [0, 0.05) is 24.5 Å². The maximum Gasteiger partial charge on any atom is 0.416 e. The number of hydrogen-bond acceptors (Lipinski definition) is 5. The quantitative estimate of drug-likeness (QED) is 0.470. The van der Waals surface area contributed by atoms with E-state index in [0.717, 1.165) is 34.2 Å². The van der Waals surface area contributed by atoms with Gasteiger partial charge in [-0.3, -0.25) is 0 Å². The summed E-state index contributed by atoms with van der Waals surface area (Å²) >= 11 is 0. The fourth-order valence-corrected chi connectivity index (χ4v) is 3.13. The molecule has 0 radical (unpaired) electrons. The Hall–Kier alpha value is -3.39. The first kappa shape index (κ1) is 19.9. The molecule has 30 heavy (non-hydrogen) atoms. The summed E-state index contributed by atoms with van der Waals surface area (Å²) in [6, 6.07) is 12.7. The van der Waals surface area contributed by atoms with Gasteiger partial charge < -0.3 is 14.5 Å². The van der Waals surface area contributed by atoms with Crippen LogP contribution in [0.5, 0.6) is 5.75 Å². The lowest BCUT2D eigenvalue weighted by molar-refractivity contribution is -0.137. The Balaban J connectivity index is 1.56. The van der Waals surface area contributed by atoms with Gasteiger partial charge in [-0.15, -0.1) is 0 Å². The van der Waals surface area contributed by atoms with Gasteiger partial charge in [-0.2, -0.15) is 13.2 Å². The van der Waals surface area contributed by atoms with Crippen LogP contribution in [0.3, 0.4) is 0 Å². The average molecular weight is 413 g/mol. The minimum Gasteiger partial charge on any atom is -0.497 e. The lowest BCUT2D eigenvalue weighted by Gasteiger charge is -2.11. The Morgan fingerprint density at radius 3 is 2.50 bits per heavy atom. The second kappa shape index (κ2) is 8.16. The van der Waals surface area contributed by atoms with Gasteiger partial charge in [-0.05, 0) is 41.5 Å². The highest BCUT2D eigenvalue weighted by atomic mass is 19.4. The topological polar surface area (TPSA) is 60.2 Å². The van der Waals surface area contributed by atoms with Crippen LogP contribution in [-0.4, -0.2) is 17.1 Å². The first-order valence-corrected chi connectivity index (χ1v) is 9.18. The van der Waals surface area contributed by atoms with Crippen molar-refractivity contribution in [3.63, 3.8) is 0 Å². The summed E-state index contributed by atoms with van der Waals surface area (Å²) in [7, 11) is 1.59. The van der Waals surface area contributed by atoms with E-state index in [9.17, 15) is 13.2 Å². The van der Waals surface area contributed by atoms with Gasteiger partial charge in [0.25, 0.3) is 0 Å². The van der Waals surface area contributed by atoms with Crippen molar-refractivity contribution in [2.75, 3.05) is 7.11 Å². The Bertz CT molecular complexity index is 1140. The molecule has 0 atom stereocenters. The molecule has 0 bridgehead atoms. The number of ether oxygens (including phenoxy) is 1. The van der Waals surface area contributed by atoms with E-state index in [-0.39, 0.29) is 0 Å². The molecule has 4 aromatic rings. The molecule has 0 saturated heterocycles. The van der Waals surface area contributed by atoms with E-state index >= 15 is 0 Å². The zero-order chi connectivity index (χ0) is 21.1. The van der Waals surface area contributed by atoms with Crippen molar-refractivity contribution in [2.45, 2.75) is 19.3 Å². The summed E-state index contributed by atoms with van der Waals surface area (Å²) < 4.78 is 48.8. The third-order valence-electron chi connectivity index (χ3n) is 4.66. The number of hydrogen-bond donors (Lipinski definition) is 1. The zero-order valence-corrected chi connectivity index (χ0v) is 16.0. The molecule has 8 heteroatoms. The highest BCUT2D eigenvalue weighted by Crippen LogP contribution is 2.29. The third kappa shape index (κ3) is 4.28. The minimum absolute atomic E-state index is 0.394. The molecule has 0 spiro atoms. The van der Waals surface area contributed by atoms with E-state index in [1.807, 2.05) is 24.3 Å². The summed E-state index contributed by atoms with van der Waals surface area (Å²) in [4.78, 5) is 8.89. The van der Waals surface area contributed by atoms with Crippen molar-refractivity contribution in [3.05, 3.63) is 77.7 Å². The number of rotatable bonds is 6. The van der Waals surface area contributed by atoms with Gasteiger partial charge >= 0.3 is 6.18 Å². The summed E-state index contributed by atoms with van der Waals surface area (Å²) in [6.45, 7) is 0.845. The van der Waals surface area contributed by atoms with Crippen molar-refractivity contribution in [1.29, 1.82) is 0 Å². The molecular weight excluding hydrogens is 395 g/mol. The van der Waals surface area contributed by atoms with Crippen LogP contribution in [0.1, 0.15) is 16.7 Å². The van der Waals surface area contributed by atoms with Crippen molar-refractivity contribution in [1.82, 2.24) is 15.3 Å². The first-order valence-electron chi connectivity index (χ1n) is 9.18. The SMILES string of the molecule is COc1ccc2cc(CNCc3ccc(C(F)(F)F)cc3)c(-c3ncco3)nc2c1. The fourth-order valence-electron chi connectivity index (χ4n) is 3.13. The summed E-state index contributed by atoms with van der Waals surface area (Å²) in [5.74, 6) is 1.09. The van der Waals surface area contributed by atoms with Crippen LogP contribution in [0.25, 0.3) is 22.5 Å². The molecule has 0 fully saturated rings. The van der Waals surface area contributed by atoms with E-state index in [0.29, 0.717) is 30.4 Å². The number of fused-ring (bicyclic) bond motifs is 1. The highest BCUT2D eigenvalue weighted by molar-refractivity contribution is 5.83. The largest absolute Gasteiger partial charge is 0.497 e. The van der Waals surface area contributed by atoms with E-state index < -0.39 is 11.7 Å². The molecule has 0 unspecified atom stereocenters. The van der Waals surface area contributed by atoms with E-state index in [1.54, 1.807) is 13.3 Å². The molecule has 0 saturated carbocycles.